The highest BCUT2D eigenvalue weighted by molar-refractivity contribution is 5.22. The van der Waals surface area contributed by atoms with E-state index < -0.39 is 0 Å². The van der Waals surface area contributed by atoms with Crippen molar-refractivity contribution in [1.82, 2.24) is 0 Å². The molecule has 1 atom stereocenters. The molecule has 0 bridgehead atoms. The quantitative estimate of drug-likeness (QED) is 0.834. The molecule has 2 N–H and O–H groups in total. The van der Waals surface area contributed by atoms with E-state index in [9.17, 15) is 4.39 Å². The molecular weight excluding hydrogens is 193 g/mol. The number of halogens is 1. The molecule has 0 aromatic heterocycles. The van der Waals surface area contributed by atoms with Crippen molar-refractivity contribution < 1.29 is 9.13 Å². The van der Waals surface area contributed by atoms with Gasteiger partial charge in [-0.1, -0.05) is 26.8 Å². The van der Waals surface area contributed by atoms with Gasteiger partial charge in [-0.3, -0.25) is 0 Å². The summed E-state index contributed by atoms with van der Waals surface area (Å²) in [5, 5.41) is 0. The first-order valence-electron chi connectivity index (χ1n) is 5.03. The second-order valence-electron chi connectivity index (χ2n) is 4.74. The monoisotopic (exact) mass is 211 g/mol. The van der Waals surface area contributed by atoms with Crippen LogP contribution in [0.4, 0.5) is 4.39 Å². The van der Waals surface area contributed by atoms with E-state index >= 15 is 0 Å². The first-order chi connectivity index (χ1) is 6.89. The fourth-order valence-electron chi connectivity index (χ4n) is 0.993. The van der Waals surface area contributed by atoms with E-state index in [1.807, 2.05) is 20.8 Å². The Morgan fingerprint density at radius 3 is 2.60 bits per heavy atom. The van der Waals surface area contributed by atoms with E-state index in [4.69, 9.17) is 10.5 Å². The molecule has 2 nitrogen and oxygen atoms in total. The highest BCUT2D eigenvalue weighted by Gasteiger charge is 2.20. The van der Waals surface area contributed by atoms with Crippen molar-refractivity contribution in [2.75, 3.05) is 6.61 Å². The number of hydrogen-bond donors (Lipinski definition) is 1. The average Bonchev–Trinajstić information content (AvgIpc) is 2.12. The Kier molecular flexibility index (Phi) is 3.69. The number of rotatable bonds is 3. The van der Waals surface area contributed by atoms with Crippen LogP contribution in [0, 0.1) is 11.2 Å². The van der Waals surface area contributed by atoms with Crippen LogP contribution in [0.1, 0.15) is 20.8 Å². The molecule has 0 radical (unpaired) electrons. The summed E-state index contributed by atoms with van der Waals surface area (Å²) in [5.74, 6) is 0.228. The second-order valence-corrected chi connectivity index (χ2v) is 4.74. The summed E-state index contributed by atoms with van der Waals surface area (Å²) in [5.41, 5.74) is 5.91. The summed E-state index contributed by atoms with van der Waals surface area (Å²) in [6.45, 7) is 6.54. The Morgan fingerprint density at radius 2 is 2.07 bits per heavy atom. The van der Waals surface area contributed by atoms with Crippen LogP contribution < -0.4 is 10.5 Å². The topological polar surface area (TPSA) is 35.2 Å². The molecule has 3 heteroatoms. The molecule has 0 saturated carbocycles. The van der Waals surface area contributed by atoms with Crippen LogP contribution >= 0.6 is 0 Å². The van der Waals surface area contributed by atoms with Crippen LogP contribution in [0.25, 0.3) is 0 Å². The largest absolute Gasteiger partial charge is 0.492 e. The first kappa shape index (κ1) is 12.0. The van der Waals surface area contributed by atoms with Crippen LogP contribution in [0.2, 0.25) is 0 Å². The Hall–Kier alpha value is -1.09. The Morgan fingerprint density at radius 1 is 1.40 bits per heavy atom. The van der Waals surface area contributed by atoms with E-state index in [1.54, 1.807) is 12.1 Å². The van der Waals surface area contributed by atoms with Crippen molar-refractivity contribution >= 4 is 0 Å². The summed E-state index contributed by atoms with van der Waals surface area (Å²) in [7, 11) is 0. The molecule has 0 aliphatic carbocycles. The summed E-state index contributed by atoms with van der Waals surface area (Å²) in [4.78, 5) is 0. The van der Waals surface area contributed by atoms with Gasteiger partial charge in [0.25, 0.3) is 0 Å². The van der Waals surface area contributed by atoms with Gasteiger partial charge in [0, 0.05) is 12.1 Å². The van der Waals surface area contributed by atoms with Gasteiger partial charge >= 0.3 is 0 Å². The Labute approximate surface area is 90.2 Å². The maximum atomic E-state index is 12.8. The summed E-state index contributed by atoms with van der Waals surface area (Å²) in [6.07, 6.45) is 0. The van der Waals surface area contributed by atoms with Crippen molar-refractivity contribution in [2.24, 2.45) is 11.1 Å². The molecule has 15 heavy (non-hydrogen) atoms. The predicted octanol–water partition coefficient (Wildman–Crippen LogP) is 2.58. The van der Waals surface area contributed by atoms with Crippen molar-refractivity contribution in [3.8, 4) is 5.75 Å². The lowest BCUT2D eigenvalue weighted by molar-refractivity contribution is 0.205. The van der Waals surface area contributed by atoms with E-state index in [0.29, 0.717) is 12.4 Å². The zero-order chi connectivity index (χ0) is 11.5. The maximum absolute atomic E-state index is 12.8. The van der Waals surface area contributed by atoms with Crippen LogP contribution in [-0.2, 0) is 0 Å². The van der Waals surface area contributed by atoms with Gasteiger partial charge in [-0.15, -0.1) is 0 Å². The number of nitrogens with two attached hydrogens (primary N) is 1. The third-order valence-corrected chi connectivity index (χ3v) is 2.34. The highest BCUT2D eigenvalue weighted by Crippen LogP contribution is 2.19. The SMILES string of the molecule is CC(C)(C)C(N)COc1cccc(F)c1. The standard InChI is InChI=1S/C12H18FNO/c1-12(2,3)11(14)8-15-10-6-4-5-9(13)7-10/h4-7,11H,8,14H2,1-3H3. The lowest BCUT2D eigenvalue weighted by Gasteiger charge is -2.26. The maximum Gasteiger partial charge on any atom is 0.126 e. The van der Waals surface area contributed by atoms with Gasteiger partial charge in [-0.25, -0.2) is 4.39 Å². The fourth-order valence-corrected chi connectivity index (χ4v) is 0.993. The molecule has 1 rings (SSSR count). The number of benzene rings is 1. The minimum atomic E-state index is -0.295. The molecule has 0 aliphatic rings. The summed E-state index contributed by atoms with van der Waals surface area (Å²) in [6, 6.07) is 6.01. The molecule has 0 spiro atoms. The first-order valence-corrected chi connectivity index (χ1v) is 5.03. The molecule has 0 amide bonds. The van der Waals surface area contributed by atoms with Crippen LogP contribution in [0.5, 0.6) is 5.75 Å². The molecule has 1 aromatic rings. The number of ether oxygens (including phenoxy) is 1. The third-order valence-electron chi connectivity index (χ3n) is 2.34. The van der Waals surface area contributed by atoms with E-state index in [2.05, 4.69) is 0 Å². The van der Waals surface area contributed by atoms with Crippen LogP contribution in [-0.4, -0.2) is 12.6 Å². The zero-order valence-electron chi connectivity index (χ0n) is 9.46. The second kappa shape index (κ2) is 4.62. The highest BCUT2D eigenvalue weighted by atomic mass is 19.1. The molecule has 0 saturated heterocycles. The van der Waals surface area contributed by atoms with Crippen LogP contribution in [0.15, 0.2) is 24.3 Å². The van der Waals surface area contributed by atoms with E-state index in [1.165, 1.54) is 12.1 Å². The Bertz CT molecular complexity index is 320. The minimum absolute atomic E-state index is 0.00662. The third kappa shape index (κ3) is 3.88. The lowest BCUT2D eigenvalue weighted by atomic mass is 9.88. The normalized spacial score (nSPS) is 13.7. The van der Waals surface area contributed by atoms with Crippen molar-refractivity contribution in [3.05, 3.63) is 30.1 Å². The molecule has 0 fully saturated rings. The molecule has 84 valence electrons. The molecule has 1 unspecified atom stereocenters. The van der Waals surface area contributed by atoms with Crippen molar-refractivity contribution in [3.63, 3.8) is 0 Å². The fraction of sp³-hybridized carbons (Fsp3) is 0.500. The zero-order valence-corrected chi connectivity index (χ0v) is 9.46. The Balaban J connectivity index is 2.51. The van der Waals surface area contributed by atoms with E-state index in [-0.39, 0.29) is 17.3 Å². The van der Waals surface area contributed by atoms with Gasteiger partial charge in [-0.05, 0) is 17.5 Å². The van der Waals surface area contributed by atoms with Gasteiger partial charge in [0.15, 0.2) is 0 Å². The smallest absolute Gasteiger partial charge is 0.126 e. The molecule has 0 heterocycles. The van der Waals surface area contributed by atoms with E-state index in [0.717, 1.165) is 0 Å². The predicted molar refractivity (Wildman–Crippen MR) is 59.3 cm³/mol. The summed E-state index contributed by atoms with van der Waals surface area (Å²) >= 11 is 0. The molecular formula is C12H18FNO. The molecule has 1 aromatic carbocycles. The molecule has 0 aliphatic heterocycles. The summed E-state index contributed by atoms with van der Waals surface area (Å²) < 4.78 is 18.2. The lowest BCUT2D eigenvalue weighted by Crippen LogP contribution is -2.40. The van der Waals surface area contributed by atoms with Gasteiger partial charge in [0.2, 0.25) is 0 Å². The average molecular weight is 211 g/mol. The van der Waals surface area contributed by atoms with Gasteiger partial charge in [-0.2, -0.15) is 0 Å². The van der Waals surface area contributed by atoms with Gasteiger partial charge < -0.3 is 10.5 Å². The minimum Gasteiger partial charge on any atom is -0.492 e. The number of hydrogen-bond acceptors (Lipinski definition) is 2. The van der Waals surface area contributed by atoms with Crippen LogP contribution in [0.3, 0.4) is 0 Å². The van der Waals surface area contributed by atoms with Gasteiger partial charge in [0.1, 0.15) is 18.2 Å². The van der Waals surface area contributed by atoms with Gasteiger partial charge in [0.05, 0.1) is 0 Å². The van der Waals surface area contributed by atoms with Crippen molar-refractivity contribution in [1.29, 1.82) is 0 Å². The van der Waals surface area contributed by atoms with Crippen molar-refractivity contribution in [2.45, 2.75) is 26.8 Å².